The van der Waals surface area contributed by atoms with Gasteiger partial charge in [0.2, 0.25) is 5.95 Å². The first kappa shape index (κ1) is 11.4. The van der Waals surface area contributed by atoms with Crippen LogP contribution in [0.2, 0.25) is 0 Å². The van der Waals surface area contributed by atoms with E-state index in [-0.39, 0.29) is 0 Å². The molecule has 1 N–H and O–H groups in total. The molecule has 0 radical (unpaired) electrons. The molecule has 6 nitrogen and oxygen atoms in total. The Morgan fingerprint density at radius 3 is 2.94 bits per heavy atom. The molecule has 0 aliphatic rings. The minimum Gasteiger partial charge on any atom is -0.467 e. The number of hydrogen-bond acceptors (Lipinski definition) is 6. The highest BCUT2D eigenvalue weighted by atomic mass is 16.5. The van der Waals surface area contributed by atoms with Crippen molar-refractivity contribution in [3.05, 3.63) is 30.0 Å². The van der Waals surface area contributed by atoms with Crippen LogP contribution in [0.5, 0.6) is 6.01 Å². The zero-order valence-electron chi connectivity index (χ0n) is 9.80. The average Bonchev–Trinajstić information content (AvgIpc) is 2.79. The lowest BCUT2D eigenvalue weighted by molar-refractivity contribution is 0.311. The number of nitrogens with one attached hydrogen (secondary N) is 1. The summed E-state index contributed by atoms with van der Waals surface area (Å²) in [7, 11) is 0. The third kappa shape index (κ3) is 3.17. The topological polar surface area (TPSA) is 73.1 Å². The fourth-order valence-corrected chi connectivity index (χ4v) is 1.31. The number of ether oxygens (including phenoxy) is 1. The molecule has 0 atom stereocenters. The average molecular weight is 234 g/mol. The molecule has 2 heterocycles. The van der Waals surface area contributed by atoms with Gasteiger partial charge in [-0.2, -0.15) is 15.0 Å². The highest BCUT2D eigenvalue weighted by molar-refractivity contribution is 5.26. The minimum atomic E-state index is 0.335. The summed E-state index contributed by atoms with van der Waals surface area (Å²) in [5.41, 5.74) is 0. The molecule has 0 aliphatic carbocycles. The number of furan rings is 1. The Morgan fingerprint density at radius 1 is 1.35 bits per heavy atom. The molecule has 2 aromatic rings. The third-order valence-corrected chi connectivity index (χ3v) is 2.00. The number of rotatable bonds is 5. The molecule has 0 bridgehead atoms. The van der Waals surface area contributed by atoms with Crippen molar-refractivity contribution in [3.8, 4) is 6.01 Å². The van der Waals surface area contributed by atoms with Gasteiger partial charge in [0.15, 0.2) is 0 Å². The second-order valence-electron chi connectivity index (χ2n) is 3.35. The summed E-state index contributed by atoms with van der Waals surface area (Å²) in [4.78, 5) is 12.3. The zero-order chi connectivity index (χ0) is 12.1. The molecule has 17 heavy (non-hydrogen) atoms. The van der Waals surface area contributed by atoms with Gasteiger partial charge in [0.1, 0.15) is 11.6 Å². The van der Waals surface area contributed by atoms with Gasteiger partial charge in [-0.15, -0.1) is 0 Å². The normalized spacial score (nSPS) is 10.2. The lowest BCUT2D eigenvalue weighted by Crippen LogP contribution is -2.07. The maximum absolute atomic E-state index is 5.24. The van der Waals surface area contributed by atoms with Crippen molar-refractivity contribution in [2.75, 3.05) is 11.9 Å². The molecule has 0 fully saturated rings. The van der Waals surface area contributed by atoms with Crippen molar-refractivity contribution >= 4 is 5.95 Å². The number of aromatic nitrogens is 3. The van der Waals surface area contributed by atoms with Gasteiger partial charge < -0.3 is 14.5 Å². The second kappa shape index (κ2) is 5.29. The van der Waals surface area contributed by atoms with Crippen LogP contribution < -0.4 is 10.1 Å². The number of aryl methyl sites for hydroxylation is 1. The molecule has 2 rings (SSSR count). The van der Waals surface area contributed by atoms with Crippen LogP contribution in [0, 0.1) is 6.92 Å². The van der Waals surface area contributed by atoms with Crippen molar-refractivity contribution < 1.29 is 9.15 Å². The second-order valence-corrected chi connectivity index (χ2v) is 3.35. The first-order valence-electron chi connectivity index (χ1n) is 5.39. The summed E-state index contributed by atoms with van der Waals surface area (Å²) in [6.07, 6.45) is 1.63. The van der Waals surface area contributed by atoms with E-state index in [2.05, 4.69) is 20.3 Å². The Morgan fingerprint density at radius 2 is 2.24 bits per heavy atom. The SMILES string of the molecule is CCOc1nc(C)nc(NCc2ccco2)n1. The van der Waals surface area contributed by atoms with Crippen LogP contribution in [0.15, 0.2) is 22.8 Å². The molecule has 0 amide bonds. The summed E-state index contributed by atoms with van der Waals surface area (Å²) in [6.45, 7) is 4.74. The van der Waals surface area contributed by atoms with Crippen molar-refractivity contribution in [2.24, 2.45) is 0 Å². The van der Waals surface area contributed by atoms with Crippen LogP contribution >= 0.6 is 0 Å². The van der Waals surface area contributed by atoms with Gasteiger partial charge in [-0.25, -0.2) is 0 Å². The van der Waals surface area contributed by atoms with Gasteiger partial charge in [0.25, 0.3) is 0 Å². The summed E-state index contributed by atoms with van der Waals surface area (Å²) < 4.78 is 10.4. The fraction of sp³-hybridized carbons (Fsp3) is 0.364. The summed E-state index contributed by atoms with van der Waals surface area (Å²) in [5.74, 6) is 1.92. The van der Waals surface area contributed by atoms with Crippen LogP contribution in [-0.2, 0) is 6.54 Å². The van der Waals surface area contributed by atoms with Crippen molar-refractivity contribution in [2.45, 2.75) is 20.4 Å². The highest BCUT2D eigenvalue weighted by Gasteiger charge is 2.04. The Hall–Kier alpha value is -2.11. The van der Waals surface area contributed by atoms with E-state index in [4.69, 9.17) is 9.15 Å². The van der Waals surface area contributed by atoms with Crippen LogP contribution in [0.25, 0.3) is 0 Å². The van der Waals surface area contributed by atoms with Crippen LogP contribution in [0.4, 0.5) is 5.95 Å². The molecule has 90 valence electrons. The van der Waals surface area contributed by atoms with E-state index in [1.165, 1.54) is 0 Å². The smallest absolute Gasteiger partial charge is 0.321 e. The standard InChI is InChI=1S/C11H14N4O2/c1-3-16-11-14-8(2)13-10(15-11)12-7-9-5-4-6-17-9/h4-6H,3,7H2,1-2H3,(H,12,13,14,15). The Labute approximate surface area is 99.1 Å². The molecule has 0 spiro atoms. The lowest BCUT2D eigenvalue weighted by atomic mass is 10.4. The maximum Gasteiger partial charge on any atom is 0.321 e. The van der Waals surface area contributed by atoms with Gasteiger partial charge in [0.05, 0.1) is 19.4 Å². The van der Waals surface area contributed by atoms with E-state index in [1.807, 2.05) is 19.1 Å². The van der Waals surface area contributed by atoms with Crippen LogP contribution in [0.1, 0.15) is 18.5 Å². The van der Waals surface area contributed by atoms with Gasteiger partial charge >= 0.3 is 6.01 Å². The summed E-state index contributed by atoms with van der Waals surface area (Å²) in [5, 5.41) is 3.05. The van der Waals surface area contributed by atoms with Gasteiger partial charge in [-0.05, 0) is 26.0 Å². The zero-order valence-corrected chi connectivity index (χ0v) is 9.80. The van der Waals surface area contributed by atoms with E-state index in [1.54, 1.807) is 13.2 Å². The largest absolute Gasteiger partial charge is 0.467 e. The molecule has 0 saturated heterocycles. The molecule has 0 aliphatic heterocycles. The van der Waals surface area contributed by atoms with E-state index in [0.717, 1.165) is 5.76 Å². The first-order chi connectivity index (χ1) is 8.28. The molecule has 2 aromatic heterocycles. The molecule has 6 heteroatoms. The molecular weight excluding hydrogens is 220 g/mol. The monoisotopic (exact) mass is 234 g/mol. The van der Waals surface area contributed by atoms with E-state index >= 15 is 0 Å². The Kier molecular flexibility index (Phi) is 3.54. The fourth-order valence-electron chi connectivity index (χ4n) is 1.31. The van der Waals surface area contributed by atoms with E-state index < -0.39 is 0 Å². The maximum atomic E-state index is 5.24. The predicted octanol–water partition coefficient (Wildman–Crippen LogP) is 1.78. The Bertz CT molecular complexity index is 470. The minimum absolute atomic E-state index is 0.335. The molecule has 0 unspecified atom stereocenters. The van der Waals surface area contributed by atoms with Gasteiger partial charge in [0, 0.05) is 0 Å². The van der Waals surface area contributed by atoms with Gasteiger partial charge in [-0.3, -0.25) is 0 Å². The van der Waals surface area contributed by atoms with Crippen molar-refractivity contribution in [1.29, 1.82) is 0 Å². The number of nitrogens with zero attached hydrogens (tertiary/aromatic N) is 3. The summed E-state index contributed by atoms with van der Waals surface area (Å²) >= 11 is 0. The van der Waals surface area contributed by atoms with Crippen molar-refractivity contribution in [1.82, 2.24) is 15.0 Å². The summed E-state index contributed by atoms with van der Waals surface area (Å²) in [6, 6.07) is 4.05. The lowest BCUT2D eigenvalue weighted by Gasteiger charge is -2.06. The molecule has 0 aromatic carbocycles. The van der Waals surface area contributed by atoms with Crippen LogP contribution in [0.3, 0.4) is 0 Å². The first-order valence-corrected chi connectivity index (χ1v) is 5.39. The van der Waals surface area contributed by atoms with Gasteiger partial charge in [-0.1, -0.05) is 0 Å². The number of hydrogen-bond donors (Lipinski definition) is 1. The Balaban J connectivity index is 2.04. The highest BCUT2D eigenvalue weighted by Crippen LogP contribution is 2.09. The third-order valence-electron chi connectivity index (χ3n) is 2.00. The van der Waals surface area contributed by atoms with E-state index in [0.29, 0.717) is 30.9 Å². The predicted molar refractivity (Wildman–Crippen MR) is 61.8 cm³/mol. The van der Waals surface area contributed by atoms with Crippen LogP contribution in [-0.4, -0.2) is 21.6 Å². The quantitative estimate of drug-likeness (QED) is 0.850. The molecular formula is C11H14N4O2. The molecule has 0 saturated carbocycles. The van der Waals surface area contributed by atoms with E-state index in [9.17, 15) is 0 Å². The van der Waals surface area contributed by atoms with Crippen molar-refractivity contribution in [3.63, 3.8) is 0 Å². The number of anilines is 1.